The van der Waals surface area contributed by atoms with Gasteiger partial charge in [0.2, 0.25) is 5.75 Å². The fraction of sp³-hybridized carbons (Fsp3) is 0.222. The van der Waals surface area contributed by atoms with E-state index in [0.29, 0.717) is 22.2 Å². The second kappa shape index (κ2) is 6.83. The molecule has 0 saturated carbocycles. The van der Waals surface area contributed by atoms with Crippen molar-refractivity contribution in [2.45, 2.75) is 26.1 Å². The van der Waals surface area contributed by atoms with E-state index in [1.165, 1.54) is 0 Å². The summed E-state index contributed by atoms with van der Waals surface area (Å²) in [6.45, 7) is 2.00. The van der Waals surface area contributed by atoms with Crippen LogP contribution in [0.2, 0.25) is 0 Å². The number of aryl methyl sites for hydroxylation is 1. The SMILES string of the molecule is CCCc1ccc2c(F)c(-c3cc(F)c(OC(F)(F)F)c(F)c3)sc2c1. The van der Waals surface area contributed by atoms with E-state index >= 15 is 0 Å². The zero-order valence-electron chi connectivity index (χ0n) is 13.4. The van der Waals surface area contributed by atoms with E-state index < -0.39 is 29.6 Å². The summed E-state index contributed by atoms with van der Waals surface area (Å²) in [6.07, 6.45) is -3.53. The lowest BCUT2D eigenvalue weighted by molar-refractivity contribution is -0.276. The van der Waals surface area contributed by atoms with E-state index in [-0.39, 0.29) is 10.4 Å². The topological polar surface area (TPSA) is 9.23 Å². The van der Waals surface area contributed by atoms with Crippen molar-refractivity contribution >= 4 is 21.4 Å². The second-order valence-electron chi connectivity index (χ2n) is 5.64. The van der Waals surface area contributed by atoms with Crippen molar-refractivity contribution in [3.63, 3.8) is 0 Å². The maximum Gasteiger partial charge on any atom is 0.573 e. The number of hydrogen-bond acceptors (Lipinski definition) is 2. The van der Waals surface area contributed by atoms with Gasteiger partial charge in [-0.3, -0.25) is 0 Å². The molecule has 0 radical (unpaired) electrons. The fourth-order valence-electron chi connectivity index (χ4n) is 2.64. The monoisotopic (exact) mass is 390 g/mol. The van der Waals surface area contributed by atoms with Gasteiger partial charge in [-0.2, -0.15) is 0 Å². The lowest BCUT2D eigenvalue weighted by Crippen LogP contribution is -2.19. The van der Waals surface area contributed by atoms with Crippen LogP contribution in [0.4, 0.5) is 26.3 Å². The normalized spacial score (nSPS) is 12.0. The second-order valence-corrected chi connectivity index (χ2v) is 6.69. The average Bonchev–Trinajstić information content (AvgIpc) is 2.87. The molecule has 1 aromatic heterocycles. The highest BCUT2D eigenvalue weighted by Gasteiger charge is 2.34. The number of fused-ring (bicyclic) bond motifs is 1. The number of hydrogen-bond donors (Lipinski definition) is 0. The molecule has 0 amide bonds. The van der Waals surface area contributed by atoms with E-state index in [2.05, 4.69) is 4.74 Å². The van der Waals surface area contributed by atoms with Crippen molar-refractivity contribution < 1.29 is 31.1 Å². The highest BCUT2D eigenvalue weighted by atomic mass is 32.1. The quantitative estimate of drug-likeness (QED) is 0.443. The minimum Gasteiger partial charge on any atom is -0.399 e. The molecule has 0 unspecified atom stereocenters. The molecule has 0 bridgehead atoms. The van der Waals surface area contributed by atoms with Crippen molar-refractivity contribution in [2.75, 3.05) is 0 Å². The van der Waals surface area contributed by atoms with Gasteiger partial charge >= 0.3 is 6.36 Å². The molecule has 3 rings (SSSR count). The molecule has 138 valence electrons. The summed E-state index contributed by atoms with van der Waals surface area (Å²) < 4.78 is 83.0. The van der Waals surface area contributed by atoms with Crippen LogP contribution in [0.15, 0.2) is 30.3 Å². The Morgan fingerprint density at radius 1 is 1.00 bits per heavy atom. The zero-order chi connectivity index (χ0) is 19.1. The highest BCUT2D eigenvalue weighted by molar-refractivity contribution is 7.22. The largest absolute Gasteiger partial charge is 0.573 e. The summed E-state index contributed by atoms with van der Waals surface area (Å²) >= 11 is 0.982. The Balaban J connectivity index is 2.07. The summed E-state index contributed by atoms with van der Waals surface area (Å²) in [4.78, 5) is -0.0509. The van der Waals surface area contributed by atoms with Crippen LogP contribution in [-0.4, -0.2) is 6.36 Å². The Bertz CT molecular complexity index is 937. The number of benzene rings is 2. The maximum atomic E-state index is 14.6. The minimum absolute atomic E-state index is 0.0509. The third kappa shape index (κ3) is 3.65. The molecule has 0 atom stereocenters. The Kier molecular flexibility index (Phi) is 4.88. The summed E-state index contributed by atoms with van der Waals surface area (Å²) in [5.41, 5.74) is 0.810. The molecule has 1 nitrogen and oxygen atoms in total. The lowest BCUT2D eigenvalue weighted by Gasteiger charge is -2.11. The van der Waals surface area contributed by atoms with E-state index in [1.807, 2.05) is 6.92 Å². The Hall–Kier alpha value is -2.22. The molecule has 0 aliphatic heterocycles. The van der Waals surface area contributed by atoms with Gasteiger partial charge in [0.15, 0.2) is 11.6 Å². The van der Waals surface area contributed by atoms with Gasteiger partial charge in [0, 0.05) is 15.6 Å². The molecular formula is C18H12F6OS. The molecule has 0 N–H and O–H groups in total. The van der Waals surface area contributed by atoms with Gasteiger partial charge in [-0.25, -0.2) is 13.2 Å². The van der Waals surface area contributed by atoms with Gasteiger partial charge in [0.1, 0.15) is 5.82 Å². The van der Waals surface area contributed by atoms with Crippen LogP contribution in [0.1, 0.15) is 18.9 Å². The average molecular weight is 390 g/mol. The van der Waals surface area contributed by atoms with Crippen molar-refractivity contribution in [3.8, 4) is 16.2 Å². The first-order valence-electron chi connectivity index (χ1n) is 7.65. The molecule has 8 heteroatoms. The molecule has 0 saturated heterocycles. The number of thiophene rings is 1. The van der Waals surface area contributed by atoms with Gasteiger partial charge in [0.05, 0.1) is 4.88 Å². The molecule has 0 aliphatic rings. The van der Waals surface area contributed by atoms with Crippen molar-refractivity contribution in [2.24, 2.45) is 0 Å². The lowest BCUT2D eigenvalue weighted by atomic mass is 10.1. The number of ether oxygens (including phenoxy) is 1. The summed E-state index contributed by atoms with van der Waals surface area (Å²) in [6, 6.07) is 6.41. The Morgan fingerprint density at radius 3 is 2.23 bits per heavy atom. The van der Waals surface area contributed by atoms with Crippen LogP contribution in [0.25, 0.3) is 20.5 Å². The van der Waals surface area contributed by atoms with Crippen LogP contribution in [0.3, 0.4) is 0 Å². The van der Waals surface area contributed by atoms with Gasteiger partial charge in [-0.15, -0.1) is 24.5 Å². The molecule has 2 aromatic carbocycles. The van der Waals surface area contributed by atoms with Crippen LogP contribution >= 0.6 is 11.3 Å². The predicted octanol–water partition coefficient (Wildman–Crippen LogP) is 6.84. The third-order valence-electron chi connectivity index (χ3n) is 3.71. The van der Waals surface area contributed by atoms with Gasteiger partial charge < -0.3 is 4.74 Å². The molecule has 1 heterocycles. The first-order valence-corrected chi connectivity index (χ1v) is 8.47. The van der Waals surface area contributed by atoms with Crippen LogP contribution in [0.5, 0.6) is 5.75 Å². The van der Waals surface area contributed by atoms with Crippen molar-refractivity contribution in [1.82, 2.24) is 0 Å². The number of halogens is 6. The van der Waals surface area contributed by atoms with E-state index in [4.69, 9.17) is 0 Å². The van der Waals surface area contributed by atoms with Crippen molar-refractivity contribution in [1.29, 1.82) is 0 Å². The van der Waals surface area contributed by atoms with Gasteiger partial charge in [0.25, 0.3) is 0 Å². The molecule has 0 aliphatic carbocycles. The zero-order valence-corrected chi connectivity index (χ0v) is 14.2. The first kappa shape index (κ1) is 18.6. The minimum atomic E-state index is -5.23. The Labute approximate surface area is 148 Å². The molecule has 3 aromatic rings. The number of alkyl halides is 3. The van der Waals surface area contributed by atoms with Gasteiger partial charge in [-0.1, -0.05) is 25.5 Å². The molecule has 26 heavy (non-hydrogen) atoms. The third-order valence-corrected chi connectivity index (χ3v) is 4.89. The maximum absolute atomic E-state index is 14.6. The molecule has 0 fully saturated rings. The number of rotatable bonds is 4. The fourth-order valence-corrected chi connectivity index (χ4v) is 3.78. The smallest absolute Gasteiger partial charge is 0.399 e. The predicted molar refractivity (Wildman–Crippen MR) is 87.8 cm³/mol. The van der Waals surface area contributed by atoms with E-state index in [0.717, 1.165) is 29.7 Å². The van der Waals surface area contributed by atoms with Gasteiger partial charge in [-0.05, 0) is 30.2 Å². The molecular weight excluding hydrogens is 378 g/mol. The van der Waals surface area contributed by atoms with Crippen LogP contribution in [-0.2, 0) is 6.42 Å². The first-order chi connectivity index (χ1) is 12.2. The summed E-state index contributed by atoms with van der Waals surface area (Å²) in [5.74, 6) is -5.34. The standard InChI is InChI=1S/C18H12F6OS/c1-2-3-9-4-5-11-14(6-9)26-17(15(11)21)10-7-12(19)16(13(20)8-10)25-18(22,23)24/h4-8H,2-3H2,1H3. The summed E-state index contributed by atoms with van der Waals surface area (Å²) in [7, 11) is 0. The van der Waals surface area contributed by atoms with E-state index in [9.17, 15) is 26.3 Å². The van der Waals surface area contributed by atoms with Crippen molar-refractivity contribution in [3.05, 3.63) is 53.3 Å². The van der Waals surface area contributed by atoms with Crippen LogP contribution < -0.4 is 4.74 Å². The van der Waals surface area contributed by atoms with Crippen LogP contribution in [0, 0.1) is 17.5 Å². The highest BCUT2D eigenvalue weighted by Crippen LogP contribution is 2.40. The molecule has 0 spiro atoms. The Morgan fingerprint density at radius 2 is 1.65 bits per heavy atom. The van der Waals surface area contributed by atoms with E-state index in [1.54, 1.807) is 18.2 Å². The summed E-state index contributed by atoms with van der Waals surface area (Å²) in [5, 5.41) is 0.293.